The Morgan fingerprint density at radius 3 is 2.32 bits per heavy atom. The number of hydrogen-bond donors (Lipinski definition) is 0. The van der Waals surface area contributed by atoms with E-state index in [2.05, 4.69) is 0 Å². The average molecular weight is 350 g/mol. The lowest BCUT2D eigenvalue weighted by atomic mass is 10.1. The normalized spacial score (nSPS) is 10.8. The van der Waals surface area contributed by atoms with Crippen molar-refractivity contribution in [2.24, 2.45) is 0 Å². The van der Waals surface area contributed by atoms with Crippen LogP contribution in [0.25, 0.3) is 20.5 Å². The van der Waals surface area contributed by atoms with E-state index in [1.807, 2.05) is 48.5 Å². The van der Waals surface area contributed by atoms with Gasteiger partial charge in [-0.05, 0) is 48.0 Å². The lowest BCUT2D eigenvalue weighted by Gasteiger charge is -2.08. The Hall–Kier alpha value is -2.85. The fraction of sp³-hybridized carbons (Fsp3) is 0.0476. The van der Waals surface area contributed by atoms with E-state index in [-0.39, 0.29) is 5.82 Å². The lowest BCUT2D eigenvalue weighted by molar-refractivity contribution is 0.415. The summed E-state index contributed by atoms with van der Waals surface area (Å²) in [6.07, 6.45) is 0. The third-order valence-electron chi connectivity index (χ3n) is 3.92. The van der Waals surface area contributed by atoms with E-state index in [9.17, 15) is 4.39 Å². The van der Waals surface area contributed by atoms with Gasteiger partial charge in [0.05, 0.1) is 12.0 Å². The maximum atomic E-state index is 13.3. The predicted octanol–water partition coefficient (Wildman–Crippen LogP) is 6.51. The first-order chi connectivity index (χ1) is 12.2. The molecule has 0 radical (unpaired) electrons. The van der Waals surface area contributed by atoms with Gasteiger partial charge in [0, 0.05) is 10.1 Å². The molecule has 0 atom stereocenters. The summed E-state index contributed by atoms with van der Waals surface area (Å²) in [6.45, 7) is 0. The number of para-hydroxylation sites is 1. The Balaban J connectivity index is 1.90. The monoisotopic (exact) mass is 350 g/mol. The maximum Gasteiger partial charge on any atom is 0.153 e. The van der Waals surface area contributed by atoms with Gasteiger partial charge in [-0.1, -0.05) is 30.3 Å². The summed E-state index contributed by atoms with van der Waals surface area (Å²) in [6, 6.07) is 22.0. The van der Waals surface area contributed by atoms with Gasteiger partial charge in [0.15, 0.2) is 5.75 Å². The first kappa shape index (κ1) is 15.7. The lowest BCUT2D eigenvalue weighted by Crippen LogP contribution is -1.86. The fourth-order valence-electron chi connectivity index (χ4n) is 2.68. The molecule has 4 aromatic rings. The summed E-state index contributed by atoms with van der Waals surface area (Å²) in [5, 5.41) is 1.01. The highest BCUT2D eigenvalue weighted by atomic mass is 32.1. The summed E-state index contributed by atoms with van der Waals surface area (Å²) in [7, 11) is 1.65. The van der Waals surface area contributed by atoms with Crippen molar-refractivity contribution in [1.29, 1.82) is 0 Å². The third-order valence-corrected chi connectivity index (χ3v) is 5.10. The van der Waals surface area contributed by atoms with Gasteiger partial charge >= 0.3 is 0 Å². The van der Waals surface area contributed by atoms with Crippen LogP contribution in [-0.4, -0.2) is 7.11 Å². The molecule has 2 nitrogen and oxygen atoms in total. The van der Waals surface area contributed by atoms with Crippen LogP contribution in [-0.2, 0) is 0 Å². The minimum absolute atomic E-state index is 0.253. The van der Waals surface area contributed by atoms with Crippen LogP contribution >= 0.6 is 11.3 Å². The Labute approximate surface area is 149 Å². The van der Waals surface area contributed by atoms with Gasteiger partial charge in [-0.15, -0.1) is 11.3 Å². The second-order valence-electron chi connectivity index (χ2n) is 5.54. The maximum absolute atomic E-state index is 13.3. The topological polar surface area (TPSA) is 18.5 Å². The number of ether oxygens (including phenoxy) is 2. The molecule has 0 saturated heterocycles. The zero-order chi connectivity index (χ0) is 17.2. The number of fused-ring (bicyclic) bond motifs is 1. The SMILES string of the molecule is COc1ccc2c(Oc3ccccc3)c(-c3ccc(F)cc3)sc2c1. The number of halogens is 1. The van der Waals surface area contributed by atoms with Crippen molar-refractivity contribution in [3.8, 4) is 27.7 Å². The van der Waals surface area contributed by atoms with Gasteiger partial charge in [-0.25, -0.2) is 4.39 Å². The van der Waals surface area contributed by atoms with Crippen molar-refractivity contribution in [1.82, 2.24) is 0 Å². The standard InChI is InChI=1S/C21H15FO2S/c1-23-17-11-12-18-19(13-17)25-21(14-7-9-15(22)10-8-14)20(18)24-16-5-3-2-4-6-16/h2-13H,1H3. The zero-order valence-corrected chi connectivity index (χ0v) is 14.3. The van der Waals surface area contributed by atoms with Crippen molar-refractivity contribution >= 4 is 21.4 Å². The van der Waals surface area contributed by atoms with E-state index in [1.165, 1.54) is 12.1 Å². The van der Waals surface area contributed by atoms with E-state index in [4.69, 9.17) is 9.47 Å². The molecule has 0 N–H and O–H groups in total. The largest absolute Gasteiger partial charge is 0.497 e. The van der Waals surface area contributed by atoms with E-state index in [1.54, 1.807) is 30.6 Å². The Morgan fingerprint density at radius 2 is 1.60 bits per heavy atom. The van der Waals surface area contributed by atoms with E-state index >= 15 is 0 Å². The molecule has 0 bridgehead atoms. The van der Waals surface area contributed by atoms with Crippen LogP contribution in [0.1, 0.15) is 0 Å². The van der Waals surface area contributed by atoms with Crippen molar-refractivity contribution in [2.75, 3.05) is 7.11 Å². The van der Waals surface area contributed by atoms with Crippen LogP contribution in [0.3, 0.4) is 0 Å². The van der Waals surface area contributed by atoms with Gasteiger partial charge in [0.25, 0.3) is 0 Å². The molecule has 1 heterocycles. The number of hydrogen-bond acceptors (Lipinski definition) is 3. The van der Waals surface area contributed by atoms with Gasteiger partial charge in [0.2, 0.25) is 0 Å². The van der Waals surface area contributed by atoms with Gasteiger partial charge in [-0.2, -0.15) is 0 Å². The molecule has 0 unspecified atom stereocenters. The molecule has 0 aliphatic rings. The minimum Gasteiger partial charge on any atom is -0.497 e. The smallest absolute Gasteiger partial charge is 0.153 e. The molecule has 3 aromatic carbocycles. The van der Waals surface area contributed by atoms with Crippen LogP contribution in [0.2, 0.25) is 0 Å². The molecule has 1 aromatic heterocycles. The fourth-order valence-corrected chi connectivity index (χ4v) is 3.84. The predicted molar refractivity (Wildman–Crippen MR) is 100 cm³/mol. The van der Waals surface area contributed by atoms with Crippen molar-refractivity contribution < 1.29 is 13.9 Å². The second kappa shape index (κ2) is 6.57. The molecule has 4 rings (SSSR count). The molecule has 0 spiro atoms. The summed E-state index contributed by atoms with van der Waals surface area (Å²) < 4.78 is 25.9. The first-order valence-corrected chi connectivity index (χ1v) is 8.65. The highest BCUT2D eigenvalue weighted by Gasteiger charge is 2.17. The highest BCUT2D eigenvalue weighted by molar-refractivity contribution is 7.22. The third kappa shape index (κ3) is 3.08. The molecule has 0 aliphatic heterocycles. The summed E-state index contributed by atoms with van der Waals surface area (Å²) >= 11 is 1.60. The van der Waals surface area contributed by atoms with Crippen molar-refractivity contribution in [2.45, 2.75) is 0 Å². The van der Waals surface area contributed by atoms with Gasteiger partial charge in [0.1, 0.15) is 17.3 Å². The molecule has 25 heavy (non-hydrogen) atoms. The first-order valence-electron chi connectivity index (χ1n) is 7.84. The molecule has 0 aliphatic carbocycles. The quantitative estimate of drug-likeness (QED) is 0.418. The van der Waals surface area contributed by atoms with Gasteiger partial charge in [-0.3, -0.25) is 0 Å². The zero-order valence-electron chi connectivity index (χ0n) is 13.5. The molecular weight excluding hydrogens is 335 g/mol. The van der Waals surface area contributed by atoms with Crippen LogP contribution < -0.4 is 9.47 Å². The van der Waals surface area contributed by atoms with Crippen molar-refractivity contribution in [3.63, 3.8) is 0 Å². The molecular formula is C21H15FO2S. The number of thiophene rings is 1. The van der Waals surface area contributed by atoms with E-state index in [0.717, 1.165) is 37.8 Å². The Bertz CT molecular complexity index is 1010. The van der Waals surface area contributed by atoms with Crippen LogP contribution in [0.4, 0.5) is 4.39 Å². The molecule has 0 fully saturated rings. The van der Waals surface area contributed by atoms with Crippen LogP contribution in [0, 0.1) is 5.82 Å². The van der Waals surface area contributed by atoms with E-state index in [0.29, 0.717) is 0 Å². The number of rotatable bonds is 4. The summed E-state index contributed by atoms with van der Waals surface area (Å²) in [4.78, 5) is 0.965. The number of methoxy groups -OCH3 is 1. The van der Waals surface area contributed by atoms with Crippen molar-refractivity contribution in [3.05, 3.63) is 78.6 Å². The number of benzene rings is 3. The Kier molecular flexibility index (Phi) is 4.12. The summed E-state index contributed by atoms with van der Waals surface area (Å²) in [5.41, 5.74) is 0.924. The highest BCUT2D eigenvalue weighted by Crippen LogP contribution is 2.47. The average Bonchev–Trinajstić information content (AvgIpc) is 3.01. The molecule has 0 saturated carbocycles. The van der Waals surface area contributed by atoms with E-state index < -0.39 is 0 Å². The van der Waals surface area contributed by atoms with Gasteiger partial charge < -0.3 is 9.47 Å². The second-order valence-corrected chi connectivity index (χ2v) is 6.60. The summed E-state index contributed by atoms with van der Waals surface area (Å²) in [5.74, 6) is 2.09. The molecule has 4 heteroatoms. The minimum atomic E-state index is -0.253. The Morgan fingerprint density at radius 1 is 0.840 bits per heavy atom. The molecule has 0 amide bonds. The van der Waals surface area contributed by atoms with Crippen LogP contribution in [0.5, 0.6) is 17.2 Å². The molecule has 124 valence electrons. The van der Waals surface area contributed by atoms with Crippen LogP contribution in [0.15, 0.2) is 72.8 Å².